The summed E-state index contributed by atoms with van der Waals surface area (Å²) in [6.45, 7) is 5.50. The van der Waals surface area contributed by atoms with E-state index in [1.165, 1.54) is 6.92 Å². The number of hydrogen-bond acceptors (Lipinski definition) is 7. The molecule has 4 atom stereocenters. The lowest BCUT2D eigenvalue weighted by Crippen LogP contribution is -2.58. The first-order valence-corrected chi connectivity index (χ1v) is 12.4. The van der Waals surface area contributed by atoms with Crippen LogP contribution in [0.1, 0.15) is 44.7 Å². The lowest BCUT2D eigenvalue weighted by Gasteiger charge is -2.30. The maximum absolute atomic E-state index is 13.8. The lowest BCUT2D eigenvalue weighted by molar-refractivity contribution is -0.132. The molecule has 4 amide bonds. The van der Waals surface area contributed by atoms with Crippen molar-refractivity contribution in [2.75, 3.05) is 18.5 Å². The minimum atomic E-state index is -0.802. The van der Waals surface area contributed by atoms with Gasteiger partial charge in [0, 0.05) is 26.6 Å². The molecule has 0 aliphatic carbocycles. The minimum Gasteiger partial charge on any atom is -0.349 e. The first kappa shape index (κ1) is 25.5. The number of hydrogen-bond donors (Lipinski definition) is 5. The Hall–Kier alpha value is -3.60. The first-order chi connectivity index (χ1) is 17.2. The second kappa shape index (κ2) is 10.6. The number of carbonyl (C=O) groups excluding carboxylic acids is 4. The summed E-state index contributed by atoms with van der Waals surface area (Å²) in [5.41, 5.74) is 9.32. The van der Waals surface area contributed by atoms with Crippen molar-refractivity contribution in [1.29, 1.82) is 0 Å². The Morgan fingerprint density at radius 3 is 2.64 bits per heavy atom. The van der Waals surface area contributed by atoms with Crippen molar-refractivity contribution in [3.05, 3.63) is 41.2 Å². The first-order valence-electron chi connectivity index (χ1n) is 12.4. The second-order valence-corrected chi connectivity index (χ2v) is 9.69. The zero-order chi connectivity index (χ0) is 26.0. The van der Waals surface area contributed by atoms with E-state index >= 15 is 0 Å². The predicted octanol–water partition coefficient (Wildman–Crippen LogP) is -0.162. The summed E-state index contributed by atoms with van der Waals surface area (Å²) in [7, 11) is 1.83. The molecule has 0 saturated heterocycles. The minimum absolute atomic E-state index is 0.101. The largest absolute Gasteiger partial charge is 0.349 e. The van der Waals surface area contributed by atoms with E-state index in [0.29, 0.717) is 32.2 Å². The quantitative estimate of drug-likeness (QED) is 0.337. The zero-order valence-corrected chi connectivity index (χ0v) is 21.2. The molecule has 1 aromatic carbocycles. The van der Waals surface area contributed by atoms with Gasteiger partial charge in [-0.05, 0) is 29.9 Å². The molecule has 36 heavy (non-hydrogen) atoms. The van der Waals surface area contributed by atoms with Gasteiger partial charge in [-0.3, -0.25) is 29.1 Å². The Kier molecular flexibility index (Phi) is 7.48. The predicted molar refractivity (Wildman–Crippen MR) is 134 cm³/mol. The molecule has 11 nitrogen and oxygen atoms in total. The van der Waals surface area contributed by atoms with Gasteiger partial charge < -0.3 is 21.4 Å². The molecule has 194 valence electrons. The van der Waals surface area contributed by atoms with E-state index in [1.807, 2.05) is 39.1 Å². The molecule has 3 heterocycles. The fourth-order valence-electron chi connectivity index (χ4n) is 5.00. The van der Waals surface area contributed by atoms with Crippen molar-refractivity contribution in [2.24, 2.45) is 5.92 Å². The van der Waals surface area contributed by atoms with Crippen LogP contribution in [0.4, 0.5) is 5.69 Å². The average Bonchev–Trinajstić information content (AvgIpc) is 3.42. The van der Waals surface area contributed by atoms with Crippen LogP contribution in [0.25, 0.3) is 0 Å². The molecule has 11 heteroatoms. The summed E-state index contributed by atoms with van der Waals surface area (Å²) in [6, 6.07) is 3.61. The number of benzene rings is 1. The molecule has 3 aliphatic heterocycles. The van der Waals surface area contributed by atoms with Crippen LogP contribution in [0, 0.1) is 5.92 Å². The zero-order valence-electron chi connectivity index (χ0n) is 21.2. The summed E-state index contributed by atoms with van der Waals surface area (Å²) < 4.78 is 0. The topological polar surface area (TPSA) is 135 Å². The molecule has 0 fully saturated rings. The number of hydrazine groups is 2. The van der Waals surface area contributed by atoms with Gasteiger partial charge in [0.25, 0.3) is 0 Å². The Morgan fingerprint density at radius 2 is 1.97 bits per heavy atom. The van der Waals surface area contributed by atoms with Crippen LogP contribution in [0.3, 0.4) is 0 Å². The second-order valence-electron chi connectivity index (χ2n) is 9.69. The van der Waals surface area contributed by atoms with E-state index in [1.54, 1.807) is 16.1 Å². The van der Waals surface area contributed by atoms with Gasteiger partial charge >= 0.3 is 0 Å². The Morgan fingerprint density at radius 1 is 1.22 bits per heavy atom. The summed E-state index contributed by atoms with van der Waals surface area (Å²) in [4.78, 5) is 53.6. The van der Waals surface area contributed by atoms with Crippen molar-refractivity contribution >= 4 is 29.3 Å². The van der Waals surface area contributed by atoms with Gasteiger partial charge in [0.05, 0.1) is 17.9 Å². The summed E-state index contributed by atoms with van der Waals surface area (Å²) in [5, 5.41) is 10.3. The number of para-hydroxylation sites is 1. The highest BCUT2D eigenvalue weighted by Crippen LogP contribution is 2.39. The summed E-state index contributed by atoms with van der Waals surface area (Å²) in [6.07, 6.45) is 3.86. The van der Waals surface area contributed by atoms with Crippen LogP contribution in [0.5, 0.6) is 0 Å². The number of nitrogens with one attached hydrogen (secondary N) is 5. The third kappa shape index (κ3) is 5.01. The number of anilines is 1. The smallest absolute Gasteiger partial charge is 0.250 e. The van der Waals surface area contributed by atoms with Crippen LogP contribution < -0.4 is 31.8 Å². The molecule has 1 unspecified atom stereocenters. The van der Waals surface area contributed by atoms with Crippen molar-refractivity contribution in [3.63, 3.8) is 0 Å². The number of carbonyl (C=O) groups is 4. The van der Waals surface area contributed by atoms with Crippen LogP contribution in [0.2, 0.25) is 0 Å². The Bertz CT molecular complexity index is 1090. The third-order valence-corrected chi connectivity index (χ3v) is 7.23. The highest BCUT2D eigenvalue weighted by atomic mass is 16.2. The maximum Gasteiger partial charge on any atom is 0.250 e. The molecule has 1 aromatic rings. The van der Waals surface area contributed by atoms with Crippen LogP contribution in [-0.4, -0.2) is 60.4 Å². The highest BCUT2D eigenvalue weighted by Gasteiger charge is 2.44. The molecule has 3 aliphatic rings. The molecule has 0 spiro atoms. The molecule has 0 saturated carbocycles. The Balaban J connectivity index is 1.55. The van der Waals surface area contributed by atoms with E-state index in [2.05, 4.69) is 26.9 Å². The van der Waals surface area contributed by atoms with Gasteiger partial charge in [0.1, 0.15) is 18.1 Å². The summed E-state index contributed by atoms with van der Waals surface area (Å²) in [5.74, 6) is -1.35. The molecular formula is C25H35N7O4. The molecule has 0 bridgehead atoms. The highest BCUT2D eigenvalue weighted by molar-refractivity contribution is 6.08. The molecule has 0 radical (unpaired) electrons. The van der Waals surface area contributed by atoms with Crippen molar-refractivity contribution in [3.8, 4) is 0 Å². The number of amides is 4. The van der Waals surface area contributed by atoms with Gasteiger partial charge in [-0.15, -0.1) is 5.53 Å². The van der Waals surface area contributed by atoms with E-state index in [4.69, 9.17) is 0 Å². The number of nitrogens with zero attached hydrogens (tertiary/aromatic N) is 2. The number of likely N-dealkylation sites (N-methyl/N-ethyl adjacent to an activating group) is 1. The van der Waals surface area contributed by atoms with Crippen molar-refractivity contribution in [2.45, 2.75) is 64.6 Å². The molecule has 4 rings (SSSR count). The monoisotopic (exact) mass is 497 g/mol. The van der Waals surface area contributed by atoms with Gasteiger partial charge in [-0.2, -0.15) is 0 Å². The summed E-state index contributed by atoms with van der Waals surface area (Å²) >= 11 is 0. The van der Waals surface area contributed by atoms with Crippen LogP contribution in [0.15, 0.2) is 30.1 Å². The van der Waals surface area contributed by atoms with E-state index in [9.17, 15) is 19.2 Å². The van der Waals surface area contributed by atoms with Crippen molar-refractivity contribution in [1.82, 2.24) is 31.9 Å². The van der Waals surface area contributed by atoms with E-state index in [-0.39, 0.29) is 29.5 Å². The number of rotatable bonds is 8. The normalized spacial score (nSPS) is 22.1. The van der Waals surface area contributed by atoms with Crippen molar-refractivity contribution < 1.29 is 19.2 Å². The van der Waals surface area contributed by atoms with Gasteiger partial charge in [-0.1, -0.05) is 38.5 Å². The van der Waals surface area contributed by atoms with Crippen LogP contribution >= 0.6 is 0 Å². The average molecular weight is 498 g/mol. The van der Waals surface area contributed by atoms with Gasteiger partial charge in [-0.25, -0.2) is 0 Å². The molecule has 0 aromatic heterocycles. The lowest BCUT2D eigenvalue weighted by atomic mass is 9.97. The third-order valence-electron chi connectivity index (χ3n) is 7.23. The fraction of sp³-hybridized carbons (Fsp3) is 0.520. The number of aryl methyl sites for hydroxylation is 1. The van der Waals surface area contributed by atoms with E-state index < -0.39 is 18.1 Å². The standard InChI is InChI=1S/C25H35N7O4/c1-5-14(2)21(28-15(3)33)24(35)29-19-10-9-16-7-6-8-17-11-20(32(22(16)17)25(19)36)23(34)26-12-18-13-27-30-31(18)4/h6-8,13-14,19-21,27,30H,5,9-12H2,1-4H3,(H,26,34)(H,28,33)(H,29,35)/t14-,19-,20-,21?/m0/s1. The maximum atomic E-state index is 13.8. The van der Waals surface area contributed by atoms with Crippen LogP contribution in [-0.2, 0) is 32.0 Å². The Labute approximate surface area is 211 Å². The molecule has 5 N–H and O–H groups in total. The van der Waals surface area contributed by atoms with E-state index in [0.717, 1.165) is 22.5 Å². The SMILES string of the molecule is CC[C@H](C)C(NC(C)=O)C(=O)N[C@H]1CCc2cccc3c2N(C1=O)[C@H](C(=O)NCC1=CNNN1C)C3. The van der Waals surface area contributed by atoms with Gasteiger partial charge in [0.2, 0.25) is 23.6 Å². The fourth-order valence-corrected chi connectivity index (χ4v) is 5.00. The molecular weight excluding hydrogens is 462 g/mol. The van der Waals surface area contributed by atoms with Gasteiger partial charge in [0.15, 0.2) is 0 Å².